The molecule has 5 heteroatoms. The molecule has 0 unspecified atom stereocenters. The van der Waals surface area contributed by atoms with Gasteiger partial charge in [-0.3, -0.25) is 0 Å². The molecule has 46 heavy (non-hydrogen) atoms. The number of hydrogen-bond donors (Lipinski definition) is 0. The molecule has 2 heterocycles. The van der Waals surface area contributed by atoms with Crippen LogP contribution < -0.4 is 4.74 Å². The lowest BCUT2D eigenvalue weighted by molar-refractivity contribution is 0.414. The maximum atomic E-state index is 6.29. The Kier molecular flexibility index (Phi) is 6.99. The number of fused-ring (bicyclic) bond motifs is 3. The number of rotatable bonds is 6. The van der Waals surface area contributed by atoms with Crippen molar-refractivity contribution in [1.82, 2.24) is 19.5 Å². The van der Waals surface area contributed by atoms with Gasteiger partial charge >= 0.3 is 0 Å². The molecule has 0 N–H and O–H groups in total. The minimum absolute atomic E-state index is 0.612. The molecule has 1 aliphatic carbocycles. The van der Waals surface area contributed by atoms with Crippen LogP contribution >= 0.6 is 0 Å². The van der Waals surface area contributed by atoms with Crippen LogP contribution in [0.3, 0.4) is 0 Å². The topological polar surface area (TPSA) is 52.8 Å². The van der Waals surface area contributed by atoms with E-state index in [9.17, 15) is 0 Å². The second-order valence-electron chi connectivity index (χ2n) is 11.6. The smallest absolute Gasteiger partial charge is 0.164 e. The van der Waals surface area contributed by atoms with Gasteiger partial charge in [0.25, 0.3) is 0 Å². The maximum absolute atomic E-state index is 6.29. The van der Waals surface area contributed by atoms with E-state index < -0.39 is 0 Å². The van der Waals surface area contributed by atoms with Crippen molar-refractivity contribution in [3.8, 4) is 56.7 Å². The highest BCUT2D eigenvalue weighted by molar-refractivity contribution is 5.95. The first-order chi connectivity index (χ1) is 22.7. The zero-order valence-corrected chi connectivity index (χ0v) is 25.8. The lowest BCUT2D eigenvalue weighted by atomic mass is 9.97. The van der Waals surface area contributed by atoms with Crippen molar-refractivity contribution in [3.63, 3.8) is 0 Å². The monoisotopic (exact) mass is 596 g/mol. The van der Waals surface area contributed by atoms with Crippen LogP contribution in [0.5, 0.6) is 5.75 Å². The van der Waals surface area contributed by atoms with Gasteiger partial charge in [0.05, 0.1) is 18.3 Å². The van der Waals surface area contributed by atoms with E-state index in [0.717, 1.165) is 52.1 Å². The summed E-state index contributed by atoms with van der Waals surface area (Å²) in [6.45, 7) is 2.08. The molecule has 0 atom stereocenters. The number of benzene rings is 5. The average Bonchev–Trinajstić information content (AvgIpc) is 3.46. The zero-order chi connectivity index (χ0) is 31.0. The summed E-state index contributed by atoms with van der Waals surface area (Å²) in [7, 11) is 1.76. The van der Waals surface area contributed by atoms with Gasteiger partial charge in [-0.25, -0.2) is 15.0 Å². The first-order valence-corrected chi connectivity index (χ1v) is 15.6. The van der Waals surface area contributed by atoms with E-state index in [4.69, 9.17) is 19.7 Å². The molecule has 2 aromatic heterocycles. The van der Waals surface area contributed by atoms with Gasteiger partial charge in [-0.1, -0.05) is 127 Å². The SMILES string of the molecule is COc1c(-c2ccccc2-c2nc(-c3ccccc3)nc(-c3ccc(C)cc3)n2)cccc1-n1c2c(c3ccccc31)C=CCC2. The Balaban J connectivity index is 1.34. The molecule has 5 aromatic carbocycles. The predicted octanol–water partition coefficient (Wildman–Crippen LogP) is 9.76. The number of para-hydroxylation sites is 2. The molecule has 0 radical (unpaired) electrons. The van der Waals surface area contributed by atoms with Gasteiger partial charge in [-0.2, -0.15) is 0 Å². The fourth-order valence-corrected chi connectivity index (χ4v) is 6.53. The van der Waals surface area contributed by atoms with Crippen molar-refractivity contribution >= 4 is 17.0 Å². The second-order valence-corrected chi connectivity index (χ2v) is 11.6. The summed E-state index contributed by atoms with van der Waals surface area (Å²) in [5.74, 6) is 2.69. The standard InChI is InChI=1S/C41H32N4O/c1-27-23-25-29(26-24-27)40-42-39(28-13-4-3-5-14-28)43-41(44-40)34-18-7-6-15-30(34)33-19-12-22-37(38(33)46-2)45-35-20-10-8-16-31(35)32-17-9-11-21-36(32)45/h3-10,12-20,22-26H,11,21H2,1-2H3. The van der Waals surface area contributed by atoms with E-state index in [1.807, 2.05) is 36.4 Å². The van der Waals surface area contributed by atoms with E-state index in [2.05, 4.69) is 109 Å². The molecule has 5 nitrogen and oxygen atoms in total. The first-order valence-electron chi connectivity index (χ1n) is 15.6. The highest BCUT2D eigenvalue weighted by Gasteiger charge is 2.23. The van der Waals surface area contributed by atoms with E-state index in [0.29, 0.717) is 17.5 Å². The Bertz CT molecular complexity index is 2250. The molecule has 0 aliphatic heterocycles. The molecular formula is C41H32N4O. The van der Waals surface area contributed by atoms with E-state index >= 15 is 0 Å². The normalized spacial score (nSPS) is 12.3. The molecule has 7 aromatic rings. The van der Waals surface area contributed by atoms with Gasteiger partial charge in [0.2, 0.25) is 0 Å². The summed E-state index contributed by atoms with van der Waals surface area (Å²) < 4.78 is 8.67. The summed E-state index contributed by atoms with van der Waals surface area (Å²) in [5, 5.41) is 1.25. The van der Waals surface area contributed by atoms with Crippen LogP contribution in [-0.4, -0.2) is 26.6 Å². The number of aromatic nitrogens is 4. The van der Waals surface area contributed by atoms with Crippen LogP contribution in [0.15, 0.2) is 127 Å². The molecule has 0 saturated heterocycles. The maximum Gasteiger partial charge on any atom is 0.164 e. The minimum Gasteiger partial charge on any atom is -0.494 e. The molecule has 0 spiro atoms. The van der Waals surface area contributed by atoms with E-state index in [-0.39, 0.29) is 0 Å². The van der Waals surface area contributed by atoms with Crippen LogP contribution in [0.25, 0.3) is 68.0 Å². The third-order valence-electron chi connectivity index (χ3n) is 8.72. The Morgan fingerprint density at radius 3 is 2.04 bits per heavy atom. The van der Waals surface area contributed by atoms with Crippen LogP contribution in [0.4, 0.5) is 0 Å². The van der Waals surface area contributed by atoms with Gasteiger partial charge in [0, 0.05) is 38.9 Å². The van der Waals surface area contributed by atoms with Gasteiger partial charge < -0.3 is 9.30 Å². The third kappa shape index (κ3) is 4.77. The number of aryl methyl sites for hydroxylation is 1. The highest BCUT2D eigenvalue weighted by atomic mass is 16.5. The van der Waals surface area contributed by atoms with Crippen molar-refractivity contribution < 1.29 is 4.74 Å². The van der Waals surface area contributed by atoms with Gasteiger partial charge in [-0.05, 0) is 37.5 Å². The predicted molar refractivity (Wildman–Crippen MR) is 187 cm³/mol. The molecule has 0 amide bonds. The number of hydrogen-bond acceptors (Lipinski definition) is 4. The summed E-state index contributed by atoms with van der Waals surface area (Å²) in [6, 6.07) is 41.7. The van der Waals surface area contributed by atoms with E-state index in [1.54, 1.807) is 7.11 Å². The molecular weight excluding hydrogens is 564 g/mol. The lowest BCUT2D eigenvalue weighted by Gasteiger charge is -2.20. The number of methoxy groups -OCH3 is 1. The Morgan fingerprint density at radius 2 is 1.26 bits per heavy atom. The fourth-order valence-electron chi connectivity index (χ4n) is 6.53. The van der Waals surface area contributed by atoms with Crippen LogP contribution in [0.2, 0.25) is 0 Å². The lowest BCUT2D eigenvalue weighted by Crippen LogP contribution is -2.06. The van der Waals surface area contributed by atoms with Crippen molar-refractivity contribution in [1.29, 1.82) is 0 Å². The molecule has 0 fully saturated rings. The minimum atomic E-state index is 0.612. The second kappa shape index (κ2) is 11.6. The number of ether oxygens (including phenoxy) is 1. The summed E-state index contributed by atoms with van der Waals surface area (Å²) in [4.78, 5) is 15.0. The molecule has 1 aliphatic rings. The molecule has 0 saturated carbocycles. The Hall–Kier alpha value is -5.81. The van der Waals surface area contributed by atoms with Crippen molar-refractivity contribution in [3.05, 3.63) is 144 Å². The summed E-state index contributed by atoms with van der Waals surface area (Å²) in [5.41, 5.74) is 10.7. The number of allylic oxidation sites excluding steroid dienone is 1. The largest absolute Gasteiger partial charge is 0.494 e. The summed E-state index contributed by atoms with van der Waals surface area (Å²) in [6.07, 6.45) is 6.52. The van der Waals surface area contributed by atoms with Crippen LogP contribution in [0.1, 0.15) is 23.2 Å². The molecule has 8 rings (SSSR count). The molecule has 0 bridgehead atoms. The van der Waals surface area contributed by atoms with Gasteiger partial charge in [0.1, 0.15) is 0 Å². The van der Waals surface area contributed by atoms with Gasteiger partial charge in [0.15, 0.2) is 23.2 Å². The van der Waals surface area contributed by atoms with Crippen LogP contribution in [0, 0.1) is 6.92 Å². The highest BCUT2D eigenvalue weighted by Crippen LogP contribution is 2.43. The van der Waals surface area contributed by atoms with Gasteiger partial charge in [-0.15, -0.1) is 0 Å². The van der Waals surface area contributed by atoms with Crippen molar-refractivity contribution in [2.24, 2.45) is 0 Å². The zero-order valence-electron chi connectivity index (χ0n) is 25.8. The fraction of sp³-hybridized carbons (Fsp3) is 0.0976. The molecule has 222 valence electrons. The Labute approximate surface area is 268 Å². The van der Waals surface area contributed by atoms with E-state index in [1.165, 1.54) is 27.7 Å². The first kappa shape index (κ1) is 27.7. The number of nitrogens with zero attached hydrogens (tertiary/aromatic N) is 4. The van der Waals surface area contributed by atoms with Crippen LogP contribution in [-0.2, 0) is 6.42 Å². The van der Waals surface area contributed by atoms with Crippen molar-refractivity contribution in [2.75, 3.05) is 7.11 Å². The summed E-state index contributed by atoms with van der Waals surface area (Å²) >= 11 is 0. The average molecular weight is 597 g/mol. The Morgan fingerprint density at radius 1 is 0.609 bits per heavy atom. The quantitative estimate of drug-likeness (QED) is 0.192. The van der Waals surface area contributed by atoms with Crippen molar-refractivity contribution in [2.45, 2.75) is 19.8 Å². The third-order valence-corrected chi connectivity index (χ3v) is 8.72.